The summed E-state index contributed by atoms with van der Waals surface area (Å²) >= 11 is 6.48. The number of pyridine rings is 1. The molecule has 0 bridgehead atoms. The second-order valence-corrected chi connectivity index (χ2v) is 12.6. The van der Waals surface area contributed by atoms with Crippen LogP contribution in [0.15, 0.2) is 42.7 Å². The van der Waals surface area contributed by atoms with Gasteiger partial charge in [-0.25, -0.2) is 4.98 Å². The highest BCUT2D eigenvalue weighted by Crippen LogP contribution is 2.36. The highest BCUT2D eigenvalue weighted by molar-refractivity contribution is 6.34. The summed E-state index contributed by atoms with van der Waals surface area (Å²) in [4.78, 5) is 62.1. The van der Waals surface area contributed by atoms with Gasteiger partial charge in [0.1, 0.15) is 11.4 Å². The first-order chi connectivity index (χ1) is 25.4. The van der Waals surface area contributed by atoms with E-state index >= 15 is 0 Å². The highest BCUT2D eigenvalue weighted by atomic mass is 35.5. The number of imidazole rings is 1. The van der Waals surface area contributed by atoms with E-state index in [0.717, 1.165) is 25.9 Å². The van der Waals surface area contributed by atoms with Gasteiger partial charge >= 0.3 is 6.18 Å². The number of carbonyl (C=O) groups excluding carboxylic acids is 3. The number of alkyl halides is 3. The number of hydrogen-bond donors (Lipinski definition) is 6. The fourth-order valence-corrected chi connectivity index (χ4v) is 6.43. The molecule has 0 saturated carbocycles. The predicted octanol–water partition coefficient (Wildman–Crippen LogP) is 4.13. The summed E-state index contributed by atoms with van der Waals surface area (Å²) < 4.78 is 41.7. The quantitative estimate of drug-likeness (QED) is 0.135. The third kappa shape index (κ3) is 9.50. The van der Waals surface area contributed by atoms with Gasteiger partial charge in [0.25, 0.3) is 18.3 Å². The van der Waals surface area contributed by atoms with E-state index in [9.17, 15) is 27.6 Å². The third-order valence-electron chi connectivity index (χ3n) is 8.77. The molecule has 3 aromatic heterocycles. The second-order valence-electron chi connectivity index (χ2n) is 12.2. The zero-order chi connectivity index (χ0) is 38.1. The van der Waals surface area contributed by atoms with Crippen molar-refractivity contribution in [2.24, 2.45) is 5.92 Å². The topological polar surface area (TPSA) is 201 Å². The molecule has 3 amide bonds. The maximum Gasteiger partial charge on any atom is 0.433 e. The second kappa shape index (κ2) is 17.4. The number of amides is 3. The average Bonchev–Trinajstić information content (AvgIpc) is 3.80. The van der Waals surface area contributed by atoms with Gasteiger partial charge in [0.2, 0.25) is 5.91 Å². The highest BCUT2D eigenvalue weighted by Gasteiger charge is 2.38. The minimum absolute atomic E-state index is 0.0179. The molecule has 282 valence electrons. The zero-order valence-electron chi connectivity index (χ0n) is 28.6. The predicted molar refractivity (Wildman–Crippen MR) is 189 cm³/mol. The van der Waals surface area contributed by atoms with Gasteiger partial charge in [-0.3, -0.25) is 29.3 Å². The van der Waals surface area contributed by atoms with Crippen LogP contribution in [0.25, 0.3) is 11.4 Å². The van der Waals surface area contributed by atoms with Crippen molar-refractivity contribution in [1.82, 2.24) is 40.3 Å². The molecule has 1 aromatic carbocycles. The summed E-state index contributed by atoms with van der Waals surface area (Å²) in [6.45, 7) is 5.64. The number of benzene rings is 1. The van der Waals surface area contributed by atoms with Gasteiger partial charge in [0.05, 0.1) is 28.2 Å². The van der Waals surface area contributed by atoms with Crippen molar-refractivity contribution in [3.05, 3.63) is 76.1 Å². The van der Waals surface area contributed by atoms with Gasteiger partial charge in [0, 0.05) is 68.2 Å². The smallest absolute Gasteiger partial charge is 0.433 e. The Labute approximate surface area is 306 Å². The molecule has 2 saturated heterocycles. The Hall–Kier alpha value is -5.49. The van der Waals surface area contributed by atoms with E-state index in [-0.39, 0.29) is 75.4 Å². The number of nitrogens with zero attached hydrogens (tertiary/aromatic N) is 5. The molecule has 15 nitrogen and oxygen atoms in total. The molecular weight excluding hydrogens is 721 g/mol. The standard InChI is InChI=1S/C33H36ClF3N10O3.CH2O2/c1-2-39-21-4-6-26(40-17-21)27-24(28(45-44-27)33(35,36)37)15-22-18-41-29(42-22)30(48)43-20-3-5-23(25(34)16-20)32(50)47-13-11-46(12-14-47)31(49)19-7-9-38-10-8-19;2-1-3/h3-6,16-19,38-39H,2,7-15H2,1H3,(H,41,42)(H,43,48)(H,44,45);1H,(H,2,3). The van der Waals surface area contributed by atoms with Gasteiger partial charge in [-0.1, -0.05) is 11.6 Å². The summed E-state index contributed by atoms with van der Waals surface area (Å²) in [5.41, 5.74) is 0.588. The van der Waals surface area contributed by atoms with Crippen LogP contribution in [0.4, 0.5) is 24.5 Å². The maximum atomic E-state index is 13.9. The lowest BCUT2D eigenvalue weighted by molar-refractivity contribution is -0.141. The van der Waals surface area contributed by atoms with Crippen molar-refractivity contribution < 1.29 is 37.5 Å². The average molecular weight is 759 g/mol. The number of anilines is 2. The first-order valence-corrected chi connectivity index (χ1v) is 17.2. The number of carboxylic acid groups (broad SMARTS) is 1. The monoisotopic (exact) mass is 758 g/mol. The van der Waals surface area contributed by atoms with Crippen LogP contribution in [0.5, 0.6) is 0 Å². The molecule has 0 atom stereocenters. The number of aromatic amines is 2. The van der Waals surface area contributed by atoms with Crippen molar-refractivity contribution in [3.8, 4) is 11.4 Å². The Morgan fingerprint density at radius 3 is 2.32 bits per heavy atom. The fourth-order valence-electron chi connectivity index (χ4n) is 6.16. The Morgan fingerprint density at radius 1 is 1.02 bits per heavy atom. The van der Waals surface area contributed by atoms with E-state index in [1.807, 2.05) is 11.8 Å². The Balaban J connectivity index is 0.00000175. The third-order valence-corrected chi connectivity index (χ3v) is 9.09. The SMILES string of the molecule is CCNc1ccc(-c2n[nH]c(C(F)(F)F)c2Cc2cnc(C(=O)Nc3ccc(C(=O)N4CCN(C(=O)C5CCNCC5)CC4)c(Cl)c3)[nH]2)nc1.O=CO. The molecule has 4 aromatic rings. The number of halogens is 4. The number of aromatic nitrogens is 5. The van der Waals surface area contributed by atoms with Crippen LogP contribution in [-0.2, 0) is 22.2 Å². The first kappa shape index (κ1) is 38.7. The zero-order valence-corrected chi connectivity index (χ0v) is 29.4. The van der Waals surface area contributed by atoms with E-state index in [1.54, 1.807) is 17.0 Å². The van der Waals surface area contributed by atoms with Gasteiger partial charge in [-0.15, -0.1) is 0 Å². The molecule has 2 fully saturated rings. The molecule has 0 spiro atoms. The molecule has 0 radical (unpaired) electrons. The number of piperazine rings is 1. The largest absolute Gasteiger partial charge is 0.483 e. The van der Waals surface area contributed by atoms with Crippen LogP contribution < -0.4 is 16.0 Å². The van der Waals surface area contributed by atoms with Gasteiger partial charge < -0.3 is 35.8 Å². The van der Waals surface area contributed by atoms with E-state index in [4.69, 9.17) is 21.5 Å². The first-order valence-electron chi connectivity index (χ1n) is 16.8. The molecule has 2 aliphatic heterocycles. The minimum atomic E-state index is -4.71. The molecular formula is C34H38ClF3N10O5. The molecule has 19 heteroatoms. The number of H-pyrrole nitrogens is 2. The molecule has 6 N–H and O–H groups in total. The number of nitrogens with one attached hydrogen (secondary N) is 5. The van der Waals surface area contributed by atoms with Crippen LogP contribution in [-0.4, -0.2) is 110 Å². The van der Waals surface area contributed by atoms with E-state index in [0.29, 0.717) is 38.4 Å². The normalized spacial score (nSPS) is 15.0. The van der Waals surface area contributed by atoms with Crippen molar-refractivity contribution >= 4 is 47.2 Å². The van der Waals surface area contributed by atoms with Crippen LogP contribution in [0, 0.1) is 5.92 Å². The lowest BCUT2D eigenvalue weighted by Crippen LogP contribution is -2.52. The van der Waals surface area contributed by atoms with Crippen LogP contribution >= 0.6 is 11.6 Å². The summed E-state index contributed by atoms with van der Waals surface area (Å²) in [6, 6.07) is 7.76. The molecule has 6 rings (SSSR count). The van der Waals surface area contributed by atoms with E-state index in [2.05, 4.69) is 41.1 Å². The van der Waals surface area contributed by atoms with E-state index < -0.39 is 17.8 Å². The van der Waals surface area contributed by atoms with Gasteiger partial charge in [-0.05, 0) is 63.2 Å². The van der Waals surface area contributed by atoms with Crippen LogP contribution in [0.1, 0.15) is 57.7 Å². The number of rotatable bonds is 9. The van der Waals surface area contributed by atoms with Crippen molar-refractivity contribution in [2.75, 3.05) is 56.4 Å². The number of hydrogen-bond acceptors (Lipinski definition) is 9. The molecule has 5 heterocycles. The van der Waals surface area contributed by atoms with Crippen LogP contribution in [0.2, 0.25) is 5.02 Å². The van der Waals surface area contributed by atoms with E-state index in [1.165, 1.54) is 30.6 Å². The summed E-state index contributed by atoms with van der Waals surface area (Å²) in [5.74, 6) is -0.923. The number of piperidine rings is 1. The van der Waals surface area contributed by atoms with Crippen molar-refractivity contribution in [2.45, 2.75) is 32.4 Å². The summed E-state index contributed by atoms with van der Waals surface area (Å²) in [5, 5.41) is 22.0. The van der Waals surface area contributed by atoms with Crippen molar-refractivity contribution in [1.29, 1.82) is 0 Å². The molecule has 53 heavy (non-hydrogen) atoms. The Morgan fingerprint density at radius 2 is 1.70 bits per heavy atom. The molecule has 2 aliphatic rings. The summed E-state index contributed by atoms with van der Waals surface area (Å²) in [6.07, 6.45) is -0.548. The summed E-state index contributed by atoms with van der Waals surface area (Å²) in [7, 11) is 0. The minimum Gasteiger partial charge on any atom is -0.483 e. The lowest BCUT2D eigenvalue weighted by Gasteiger charge is -2.37. The number of carbonyl (C=O) groups is 4. The molecule has 0 unspecified atom stereocenters. The Kier molecular flexibility index (Phi) is 12.7. The van der Waals surface area contributed by atoms with Gasteiger partial charge in [-0.2, -0.15) is 18.3 Å². The fraction of sp³-hybridized carbons (Fsp3) is 0.382. The van der Waals surface area contributed by atoms with Crippen LogP contribution in [0.3, 0.4) is 0 Å². The van der Waals surface area contributed by atoms with Gasteiger partial charge in [0.15, 0.2) is 5.82 Å². The Bertz CT molecular complexity index is 1900. The lowest BCUT2D eigenvalue weighted by atomic mass is 9.96. The molecule has 0 aliphatic carbocycles. The van der Waals surface area contributed by atoms with Crippen molar-refractivity contribution in [3.63, 3.8) is 0 Å². The maximum absolute atomic E-state index is 13.9.